The second-order valence-electron chi connectivity index (χ2n) is 5.27. The molecule has 1 aromatic heterocycles. The fourth-order valence-electron chi connectivity index (χ4n) is 1.96. The van der Waals surface area contributed by atoms with Crippen molar-refractivity contribution in [2.24, 2.45) is 0 Å². The first-order valence-corrected chi connectivity index (χ1v) is 7.58. The number of hydrogen-bond acceptors (Lipinski definition) is 4. The summed E-state index contributed by atoms with van der Waals surface area (Å²) in [5.74, 6) is -0.533. The predicted molar refractivity (Wildman–Crippen MR) is 87.6 cm³/mol. The fraction of sp³-hybridized carbons (Fsp3) is 0.312. The van der Waals surface area contributed by atoms with E-state index in [0.717, 1.165) is 0 Å². The maximum atomic E-state index is 12.2. The number of benzene rings is 1. The van der Waals surface area contributed by atoms with Crippen LogP contribution in [0.1, 0.15) is 37.2 Å². The number of hydrogen-bond donors (Lipinski definition) is 1. The van der Waals surface area contributed by atoms with Gasteiger partial charge >= 0.3 is 5.97 Å². The molecular formula is C16H18ClN3O3. The molecular weight excluding hydrogens is 318 g/mol. The number of esters is 1. The zero-order valence-electron chi connectivity index (χ0n) is 13.1. The molecule has 0 radical (unpaired) electrons. The number of halogens is 1. The van der Waals surface area contributed by atoms with Crippen LogP contribution in [0, 0.1) is 0 Å². The number of carbonyl (C=O) groups excluding carboxylic acids is 2. The quantitative estimate of drug-likeness (QED) is 0.851. The summed E-state index contributed by atoms with van der Waals surface area (Å²) in [5, 5.41) is 7.10. The molecule has 0 bridgehead atoms. The van der Waals surface area contributed by atoms with Crippen molar-refractivity contribution in [3.05, 3.63) is 47.1 Å². The van der Waals surface area contributed by atoms with E-state index in [1.54, 1.807) is 41.2 Å². The fourth-order valence-corrected chi connectivity index (χ4v) is 2.17. The third-order valence-corrected chi connectivity index (χ3v) is 3.49. The van der Waals surface area contributed by atoms with Crippen LogP contribution in [0.25, 0.3) is 0 Å². The van der Waals surface area contributed by atoms with Crippen LogP contribution in [0.15, 0.2) is 36.5 Å². The van der Waals surface area contributed by atoms with Crippen LogP contribution in [0.3, 0.4) is 0 Å². The van der Waals surface area contributed by atoms with Crippen molar-refractivity contribution in [1.29, 1.82) is 0 Å². The van der Waals surface area contributed by atoms with E-state index in [4.69, 9.17) is 16.3 Å². The number of nitrogens with one attached hydrogen (secondary N) is 1. The van der Waals surface area contributed by atoms with E-state index in [1.165, 1.54) is 6.92 Å². The topological polar surface area (TPSA) is 73.2 Å². The molecule has 0 spiro atoms. The Balaban J connectivity index is 2.01. The number of aromatic nitrogens is 2. The van der Waals surface area contributed by atoms with Gasteiger partial charge in [0.15, 0.2) is 6.10 Å². The molecule has 2 rings (SSSR count). The zero-order chi connectivity index (χ0) is 17.0. The Bertz CT molecular complexity index is 712. The van der Waals surface area contributed by atoms with Crippen molar-refractivity contribution in [3.63, 3.8) is 0 Å². The lowest BCUT2D eigenvalue weighted by Gasteiger charge is -2.16. The monoisotopic (exact) mass is 335 g/mol. The lowest BCUT2D eigenvalue weighted by Crippen LogP contribution is -2.31. The Labute approximate surface area is 139 Å². The van der Waals surface area contributed by atoms with E-state index < -0.39 is 18.0 Å². The van der Waals surface area contributed by atoms with Crippen molar-refractivity contribution in [3.8, 4) is 0 Å². The predicted octanol–water partition coefficient (Wildman–Crippen LogP) is 3.30. The normalized spacial score (nSPS) is 12.0. The standard InChI is InChI=1S/C16H18ClN3O3/c1-10(2)20-14(8-9-18-20)19-15(21)11(3)23-16(22)12-6-4-5-7-13(12)17/h4-11H,1-3H3,(H,19,21)/t11-/m1/s1. The van der Waals surface area contributed by atoms with Crippen LogP contribution in [0.5, 0.6) is 0 Å². The van der Waals surface area contributed by atoms with E-state index in [2.05, 4.69) is 10.4 Å². The van der Waals surface area contributed by atoms with Gasteiger partial charge in [-0.25, -0.2) is 9.48 Å². The summed E-state index contributed by atoms with van der Waals surface area (Å²) in [5.41, 5.74) is 0.223. The number of carbonyl (C=O) groups is 2. The minimum atomic E-state index is -0.964. The molecule has 2 aromatic rings. The Kier molecular flexibility index (Phi) is 5.39. The molecule has 1 aromatic carbocycles. The van der Waals surface area contributed by atoms with Crippen molar-refractivity contribution < 1.29 is 14.3 Å². The van der Waals surface area contributed by atoms with Gasteiger partial charge in [0.1, 0.15) is 5.82 Å². The highest BCUT2D eigenvalue weighted by Gasteiger charge is 2.21. The van der Waals surface area contributed by atoms with Gasteiger partial charge < -0.3 is 10.1 Å². The van der Waals surface area contributed by atoms with Crippen LogP contribution in [-0.4, -0.2) is 27.8 Å². The van der Waals surface area contributed by atoms with Crippen molar-refractivity contribution in [1.82, 2.24) is 9.78 Å². The van der Waals surface area contributed by atoms with E-state index in [9.17, 15) is 9.59 Å². The summed E-state index contributed by atoms with van der Waals surface area (Å²) >= 11 is 5.94. The molecule has 0 fully saturated rings. The third kappa shape index (κ3) is 4.10. The van der Waals surface area contributed by atoms with Crippen molar-refractivity contribution in [2.45, 2.75) is 32.9 Å². The lowest BCUT2D eigenvalue weighted by molar-refractivity contribution is -0.123. The van der Waals surface area contributed by atoms with Gasteiger partial charge in [-0.1, -0.05) is 23.7 Å². The molecule has 0 saturated heterocycles. The molecule has 0 saturated carbocycles. The minimum Gasteiger partial charge on any atom is -0.449 e. The summed E-state index contributed by atoms with van der Waals surface area (Å²) < 4.78 is 6.83. The highest BCUT2D eigenvalue weighted by molar-refractivity contribution is 6.33. The van der Waals surface area contributed by atoms with Crippen LogP contribution in [-0.2, 0) is 9.53 Å². The zero-order valence-corrected chi connectivity index (χ0v) is 13.9. The van der Waals surface area contributed by atoms with E-state index >= 15 is 0 Å². The molecule has 1 atom stereocenters. The minimum absolute atomic E-state index is 0.0984. The number of anilines is 1. The van der Waals surface area contributed by atoms with Gasteiger partial charge in [0.25, 0.3) is 5.91 Å². The smallest absolute Gasteiger partial charge is 0.340 e. The van der Waals surface area contributed by atoms with Crippen molar-refractivity contribution in [2.75, 3.05) is 5.32 Å². The first kappa shape index (κ1) is 17.0. The lowest BCUT2D eigenvalue weighted by atomic mass is 10.2. The Morgan fingerprint density at radius 3 is 2.57 bits per heavy atom. The average Bonchev–Trinajstić information content (AvgIpc) is 2.95. The second-order valence-corrected chi connectivity index (χ2v) is 5.68. The Morgan fingerprint density at radius 2 is 1.91 bits per heavy atom. The second kappa shape index (κ2) is 7.28. The van der Waals surface area contributed by atoms with Gasteiger partial charge in [0.05, 0.1) is 16.8 Å². The molecule has 23 heavy (non-hydrogen) atoms. The summed E-state index contributed by atoms with van der Waals surface area (Å²) in [6.45, 7) is 5.40. The van der Waals surface area contributed by atoms with Gasteiger partial charge in [-0.3, -0.25) is 4.79 Å². The number of ether oxygens (including phenoxy) is 1. The Morgan fingerprint density at radius 1 is 1.22 bits per heavy atom. The van der Waals surface area contributed by atoms with Gasteiger partial charge in [0.2, 0.25) is 0 Å². The highest BCUT2D eigenvalue weighted by Crippen LogP contribution is 2.17. The third-order valence-electron chi connectivity index (χ3n) is 3.16. The van der Waals surface area contributed by atoms with Gasteiger partial charge in [-0.2, -0.15) is 5.10 Å². The largest absolute Gasteiger partial charge is 0.449 e. The maximum Gasteiger partial charge on any atom is 0.340 e. The molecule has 0 aliphatic carbocycles. The molecule has 7 heteroatoms. The van der Waals surface area contributed by atoms with Crippen LogP contribution >= 0.6 is 11.6 Å². The van der Waals surface area contributed by atoms with Crippen molar-refractivity contribution >= 4 is 29.3 Å². The summed E-state index contributed by atoms with van der Waals surface area (Å²) in [6.07, 6.45) is 0.630. The Hall–Kier alpha value is -2.34. The van der Waals surface area contributed by atoms with E-state index in [1.807, 2.05) is 13.8 Å². The first-order valence-electron chi connectivity index (χ1n) is 7.20. The van der Waals surface area contributed by atoms with Gasteiger partial charge in [0, 0.05) is 12.1 Å². The first-order chi connectivity index (χ1) is 10.9. The maximum absolute atomic E-state index is 12.2. The van der Waals surface area contributed by atoms with E-state index in [-0.39, 0.29) is 16.6 Å². The number of amides is 1. The van der Waals surface area contributed by atoms with Crippen LogP contribution < -0.4 is 5.32 Å². The summed E-state index contributed by atoms with van der Waals surface area (Å²) in [6, 6.07) is 8.30. The highest BCUT2D eigenvalue weighted by atomic mass is 35.5. The number of nitrogens with zero attached hydrogens (tertiary/aromatic N) is 2. The molecule has 0 aliphatic rings. The molecule has 0 unspecified atom stereocenters. The van der Waals surface area contributed by atoms with Gasteiger partial charge in [-0.15, -0.1) is 0 Å². The summed E-state index contributed by atoms with van der Waals surface area (Å²) in [4.78, 5) is 24.2. The molecule has 1 heterocycles. The van der Waals surface area contributed by atoms with E-state index in [0.29, 0.717) is 5.82 Å². The number of rotatable bonds is 5. The van der Waals surface area contributed by atoms with Crippen LogP contribution in [0.2, 0.25) is 5.02 Å². The molecule has 122 valence electrons. The molecule has 1 N–H and O–H groups in total. The molecule has 6 nitrogen and oxygen atoms in total. The average molecular weight is 336 g/mol. The molecule has 1 amide bonds. The van der Waals surface area contributed by atoms with Gasteiger partial charge in [-0.05, 0) is 32.9 Å². The van der Waals surface area contributed by atoms with Crippen LogP contribution in [0.4, 0.5) is 5.82 Å². The SMILES string of the molecule is CC(C)n1nccc1NC(=O)[C@@H](C)OC(=O)c1ccccc1Cl. The summed E-state index contributed by atoms with van der Waals surface area (Å²) in [7, 11) is 0. The molecule has 0 aliphatic heterocycles.